The SMILES string of the molecule is O=C(OCN1C(=O)c2ccccc2C1=O)/C(=C/c1ccc2c(c1)OCO2)NC(=O)c1cccc([N+](=O)[O-])c1. The van der Waals surface area contributed by atoms with Crippen LogP contribution in [0.4, 0.5) is 5.69 Å². The number of hydrogen-bond donors (Lipinski definition) is 1. The monoisotopic (exact) mass is 515 g/mol. The Balaban J connectivity index is 1.39. The number of benzene rings is 3. The van der Waals surface area contributed by atoms with Crippen molar-refractivity contribution in [1.29, 1.82) is 0 Å². The Bertz CT molecular complexity index is 1510. The van der Waals surface area contributed by atoms with E-state index in [-0.39, 0.29) is 34.9 Å². The van der Waals surface area contributed by atoms with Gasteiger partial charge in [0.15, 0.2) is 18.2 Å². The molecule has 2 heterocycles. The summed E-state index contributed by atoms with van der Waals surface area (Å²) in [4.78, 5) is 62.3. The van der Waals surface area contributed by atoms with Gasteiger partial charge in [-0.1, -0.05) is 24.3 Å². The van der Waals surface area contributed by atoms with Crippen molar-refractivity contribution in [2.24, 2.45) is 0 Å². The van der Waals surface area contributed by atoms with Crippen LogP contribution in [-0.4, -0.2) is 47.0 Å². The molecule has 1 N–H and O–H groups in total. The Morgan fingerprint density at radius 1 is 0.974 bits per heavy atom. The maximum absolute atomic E-state index is 13.0. The number of carbonyl (C=O) groups excluding carboxylic acids is 4. The van der Waals surface area contributed by atoms with Gasteiger partial charge in [0.05, 0.1) is 16.1 Å². The lowest BCUT2D eigenvalue weighted by Crippen LogP contribution is -2.35. The third-order valence-electron chi connectivity index (χ3n) is 5.70. The van der Waals surface area contributed by atoms with Gasteiger partial charge in [-0.2, -0.15) is 0 Å². The minimum atomic E-state index is -1.06. The molecule has 2 aliphatic rings. The molecule has 0 aromatic heterocycles. The molecule has 0 radical (unpaired) electrons. The van der Waals surface area contributed by atoms with Crippen molar-refractivity contribution in [3.8, 4) is 11.5 Å². The van der Waals surface area contributed by atoms with Gasteiger partial charge in [-0.3, -0.25) is 24.5 Å². The zero-order valence-electron chi connectivity index (χ0n) is 19.4. The van der Waals surface area contributed by atoms with Gasteiger partial charge in [0.1, 0.15) is 5.70 Å². The molecule has 190 valence electrons. The Morgan fingerprint density at radius 2 is 1.68 bits per heavy atom. The van der Waals surface area contributed by atoms with E-state index in [1.54, 1.807) is 30.3 Å². The van der Waals surface area contributed by atoms with Crippen molar-refractivity contribution in [3.05, 3.63) is 105 Å². The van der Waals surface area contributed by atoms with Gasteiger partial charge >= 0.3 is 5.97 Å². The zero-order valence-corrected chi connectivity index (χ0v) is 19.4. The number of rotatable bonds is 7. The molecular formula is C26H17N3O9. The van der Waals surface area contributed by atoms with Gasteiger partial charge in [-0.15, -0.1) is 0 Å². The molecule has 0 atom stereocenters. The molecule has 38 heavy (non-hydrogen) atoms. The molecule has 5 rings (SSSR count). The number of nitro groups is 1. The van der Waals surface area contributed by atoms with E-state index in [1.165, 1.54) is 36.4 Å². The lowest BCUT2D eigenvalue weighted by atomic mass is 10.1. The highest BCUT2D eigenvalue weighted by Crippen LogP contribution is 2.33. The Morgan fingerprint density at radius 3 is 2.39 bits per heavy atom. The summed E-state index contributed by atoms with van der Waals surface area (Å²) in [6.07, 6.45) is 1.29. The van der Waals surface area contributed by atoms with Crippen LogP contribution >= 0.6 is 0 Å². The molecule has 0 fully saturated rings. The summed E-state index contributed by atoms with van der Waals surface area (Å²) in [6, 6.07) is 15.9. The average molecular weight is 515 g/mol. The van der Waals surface area contributed by atoms with Crippen LogP contribution in [0.1, 0.15) is 36.6 Å². The fraction of sp³-hybridized carbons (Fsp3) is 0.0769. The maximum Gasteiger partial charge on any atom is 0.356 e. The number of nitro benzene ring substituents is 1. The molecule has 12 heteroatoms. The summed E-state index contributed by atoms with van der Waals surface area (Å²) in [6.45, 7) is -0.669. The first-order valence-electron chi connectivity index (χ1n) is 11.1. The predicted octanol–water partition coefficient (Wildman–Crippen LogP) is 2.89. The van der Waals surface area contributed by atoms with Crippen molar-refractivity contribution in [2.75, 3.05) is 13.5 Å². The molecule has 0 saturated carbocycles. The lowest BCUT2D eigenvalue weighted by molar-refractivity contribution is -0.384. The van der Waals surface area contributed by atoms with Crippen LogP contribution in [0.25, 0.3) is 6.08 Å². The molecular weight excluding hydrogens is 498 g/mol. The highest BCUT2D eigenvalue weighted by Gasteiger charge is 2.36. The van der Waals surface area contributed by atoms with Crippen molar-refractivity contribution in [2.45, 2.75) is 0 Å². The second-order valence-electron chi connectivity index (χ2n) is 8.08. The Labute approximate surface area is 214 Å². The standard InChI is InChI=1S/C26H17N3O9/c30-23(16-4-3-5-17(12-16)29(34)35)27-20(10-15-8-9-21-22(11-15)38-14-37-21)26(33)36-13-28-24(31)18-6-1-2-7-19(18)25(28)32/h1-12H,13-14H2,(H,27,30)/b20-10-. The number of imide groups is 1. The second-order valence-corrected chi connectivity index (χ2v) is 8.08. The number of nitrogens with zero attached hydrogens (tertiary/aromatic N) is 2. The van der Waals surface area contributed by atoms with Crippen LogP contribution in [0, 0.1) is 10.1 Å². The third kappa shape index (κ3) is 4.65. The molecule has 3 aromatic carbocycles. The van der Waals surface area contributed by atoms with Crippen LogP contribution in [0.15, 0.2) is 72.4 Å². The zero-order chi connectivity index (χ0) is 26.8. The van der Waals surface area contributed by atoms with E-state index in [0.717, 1.165) is 11.0 Å². The van der Waals surface area contributed by atoms with Crippen molar-refractivity contribution < 1.29 is 38.3 Å². The van der Waals surface area contributed by atoms with Crippen LogP contribution in [0.3, 0.4) is 0 Å². The summed E-state index contributed by atoms with van der Waals surface area (Å²) < 4.78 is 15.8. The van der Waals surface area contributed by atoms with Gasteiger partial charge in [0, 0.05) is 17.7 Å². The van der Waals surface area contributed by atoms with Crippen molar-refractivity contribution in [3.63, 3.8) is 0 Å². The topological polar surface area (TPSA) is 154 Å². The molecule has 2 aliphatic heterocycles. The number of fused-ring (bicyclic) bond motifs is 2. The first-order chi connectivity index (χ1) is 18.3. The Hall–Kier alpha value is -5.52. The number of non-ortho nitro benzene ring substituents is 1. The molecule has 3 amide bonds. The van der Waals surface area contributed by atoms with Gasteiger partial charge in [0.25, 0.3) is 23.4 Å². The number of ether oxygens (including phenoxy) is 3. The predicted molar refractivity (Wildman–Crippen MR) is 129 cm³/mol. The number of amides is 3. The number of nitrogens with one attached hydrogen (secondary N) is 1. The highest BCUT2D eigenvalue weighted by atomic mass is 16.7. The summed E-state index contributed by atoms with van der Waals surface area (Å²) in [7, 11) is 0. The first kappa shape index (κ1) is 24.2. The number of esters is 1. The van der Waals surface area contributed by atoms with Crippen molar-refractivity contribution in [1.82, 2.24) is 10.2 Å². The van der Waals surface area contributed by atoms with E-state index in [4.69, 9.17) is 14.2 Å². The van der Waals surface area contributed by atoms with Crippen LogP contribution < -0.4 is 14.8 Å². The van der Waals surface area contributed by atoms with Gasteiger partial charge in [-0.05, 0) is 42.0 Å². The molecule has 3 aromatic rings. The van der Waals surface area contributed by atoms with E-state index in [0.29, 0.717) is 17.1 Å². The molecule has 0 aliphatic carbocycles. The highest BCUT2D eigenvalue weighted by molar-refractivity contribution is 6.21. The van der Waals surface area contributed by atoms with E-state index < -0.39 is 35.3 Å². The quantitative estimate of drug-likeness (QED) is 0.164. The lowest BCUT2D eigenvalue weighted by Gasteiger charge is -2.15. The summed E-state index contributed by atoms with van der Waals surface area (Å²) in [5.41, 5.74) is 0.0571. The molecule has 0 bridgehead atoms. The minimum Gasteiger partial charge on any atom is -0.454 e. The third-order valence-corrected chi connectivity index (χ3v) is 5.70. The van der Waals surface area contributed by atoms with E-state index >= 15 is 0 Å². The van der Waals surface area contributed by atoms with E-state index in [9.17, 15) is 29.3 Å². The van der Waals surface area contributed by atoms with Gasteiger partial charge < -0.3 is 19.5 Å². The Kier molecular flexibility index (Phi) is 6.27. The van der Waals surface area contributed by atoms with Crippen LogP contribution in [-0.2, 0) is 9.53 Å². The minimum absolute atomic E-state index is 0.0290. The number of hydrogen-bond acceptors (Lipinski definition) is 9. The van der Waals surface area contributed by atoms with Crippen molar-refractivity contribution >= 4 is 35.5 Å². The molecule has 0 spiro atoms. The van der Waals surface area contributed by atoms with Crippen LogP contribution in [0.5, 0.6) is 11.5 Å². The molecule has 12 nitrogen and oxygen atoms in total. The number of carbonyl (C=O) groups is 4. The van der Waals surface area contributed by atoms with Crippen LogP contribution in [0.2, 0.25) is 0 Å². The largest absolute Gasteiger partial charge is 0.454 e. The average Bonchev–Trinajstić information content (AvgIpc) is 3.49. The summed E-state index contributed by atoms with van der Waals surface area (Å²) in [5.74, 6) is -2.21. The normalized spacial score (nSPS) is 13.8. The smallest absolute Gasteiger partial charge is 0.356 e. The van der Waals surface area contributed by atoms with E-state index in [1.807, 2.05) is 0 Å². The first-order valence-corrected chi connectivity index (χ1v) is 11.1. The second kappa shape index (κ2) is 9.85. The maximum atomic E-state index is 13.0. The fourth-order valence-electron chi connectivity index (χ4n) is 3.83. The van der Waals surface area contributed by atoms with Gasteiger partial charge in [-0.25, -0.2) is 9.69 Å². The molecule has 0 unspecified atom stereocenters. The molecule has 0 saturated heterocycles. The van der Waals surface area contributed by atoms with E-state index in [2.05, 4.69) is 5.32 Å². The summed E-state index contributed by atoms with van der Waals surface area (Å²) >= 11 is 0. The van der Waals surface area contributed by atoms with Gasteiger partial charge in [0.2, 0.25) is 6.79 Å². The fourth-order valence-corrected chi connectivity index (χ4v) is 3.83. The summed E-state index contributed by atoms with van der Waals surface area (Å²) in [5, 5.41) is 13.5.